The zero-order valence-corrected chi connectivity index (χ0v) is 14.2. The summed E-state index contributed by atoms with van der Waals surface area (Å²) in [4.78, 5) is 20.9. The van der Waals surface area contributed by atoms with Gasteiger partial charge in [-0.25, -0.2) is 15.0 Å². The van der Waals surface area contributed by atoms with Crippen LogP contribution in [0.1, 0.15) is 11.3 Å². The van der Waals surface area contributed by atoms with Crippen LogP contribution in [0, 0.1) is 0 Å². The molecule has 0 aromatic carbocycles. The first-order chi connectivity index (χ1) is 11.8. The maximum Gasteiger partial charge on any atom is 0.135 e. The van der Waals surface area contributed by atoms with Crippen molar-refractivity contribution >= 4 is 11.6 Å². The van der Waals surface area contributed by atoms with Crippen molar-refractivity contribution in [1.82, 2.24) is 19.9 Å². The van der Waals surface area contributed by atoms with Crippen LogP contribution in [0.25, 0.3) is 0 Å². The topological polar surface area (TPSA) is 48.4 Å². The molecule has 2 aliphatic heterocycles. The molecule has 2 aromatic heterocycles. The van der Waals surface area contributed by atoms with Gasteiger partial charge < -0.3 is 14.7 Å². The van der Waals surface area contributed by atoms with Crippen molar-refractivity contribution in [3.05, 3.63) is 42.0 Å². The number of piperazine rings is 1. The van der Waals surface area contributed by atoms with Gasteiger partial charge in [0, 0.05) is 57.4 Å². The Kier molecular flexibility index (Phi) is 4.30. The first-order valence-electron chi connectivity index (χ1n) is 8.73. The summed E-state index contributed by atoms with van der Waals surface area (Å²) in [5.74, 6) is 2.20. The van der Waals surface area contributed by atoms with E-state index in [-0.39, 0.29) is 0 Å². The largest absolute Gasteiger partial charge is 0.356 e. The zero-order chi connectivity index (χ0) is 16.4. The van der Waals surface area contributed by atoms with Gasteiger partial charge in [-0.1, -0.05) is 6.07 Å². The van der Waals surface area contributed by atoms with E-state index >= 15 is 0 Å². The molecule has 4 rings (SSSR count). The quantitative estimate of drug-likeness (QED) is 0.828. The van der Waals surface area contributed by atoms with Gasteiger partial charge in [-0.3, -0.25) is 0 Å². The van der Waals surface area contributed by atoms with E-state index in [0.717, 1.165) is 63.7 Å². The number of nitrogens with zero attached hydrogens (tertiary/aromatic N) is 6. The second-order valence-electron chi connectivity index (χ2n) is 6.59. The number of hydrogen-bond donors (Lipinski definition) is 0. The number of rotatable bonds is 2. The van der Waals surface area contributed by atoms with Crippen LogP contribution >= 0.6 is 0 Å². The van der Waals surface area contributed by atoms with Crippen molar-refractivity contribution < 1.29 is 0 Å². The first-order valence-corrected chi connectivity index (χ1v) is 8.73. The molecule has 0 N–H and O–H groups in total. The van der Waals surface area contributed by atoms with Crippen LogP contribution in [0.3, 0.4) is 0 Å². The smallest absolute Gasteiger partial charge is 0.135 e. The molecule has 24 heavy (non-hydrogen) atoms. The number of fused-ring (bicyclic) bond motifs is 1. The fourth-order valence-corrected chi connectivity index (χ4v) is 3.57. The number of aromatic nitrogens is 3. The van der Waals surface area contributed by atoms with E-state index in [9.17, 15) is 0 Å². The molecule has 0 spiro atoms. The average molecular weight is 324 g/mol. The lowest BCUT2D eigenvalue weighted by Crippen LogP contribution is -2.45. The van der Waals surface area contributed by atoms with Gasteiger partial charge in [0.25, 0.3) is 0 Å². The average Bonchev–Trinajstić information content (AvgIpc) is 2.86. The van der Waals surface area contributed by atoms with Crippen LogP contribution in [-0.4, -0.2) is 66.2 Å². The molecule has 2 aliphatic rings. The third-order valence-electron chi connectivity index (χ3n) is 5.04. The number of pyridine rings is 1. The van der Waals surface area contributed by atoms with Crippen molar-refractivity contribution in [3.63, 3.8) is 0 Å². The predicted molar refractivity (Wildman–Crippen MR) is 95.6 cm³/mol. The van der Waals surface area contributed by atoms with Crippen LogP contribution in [0.2, 0.25) is 0 Å². The van der Waals surface area contributed by atoms with Gasteiger partial charge in [-0.2, -0.15) is 0 Å². The monoisotopic (exact) mass is 324 g/mol. The minimum atomic E-state index is 0.954. The van der Waals surface area contributed by atoms with Crippen molar-refractivity contribution in [3.8, 4) is 0 Å². The molecule has 6 heteroatoms. The second-order valence-corrected chi connectivity index (χ2v) is 6.59. The Morgan fingerprint density at radius 3 is 2.46 bits per heavy atom. The molecule has 1 fully saturated rings. The van der Waals surface area contributed by atoms with Crippen molar-refractivity contribution in [1.29, 1.82) is 0 Å². The van der Waals surface area contributed by atoms with Gasteiger partial charge in [0.1, 0.15) is 18.0 Å². The number of likely N-dealkylation sites (N-methyl/N-ethyl adjacent to an activating group) is 1. The lowest BCUT2D eigenvalue weighted by atomic mass is 10.1. The third kappa shape index (κ3) is 3.06. The lowest BCUT2D eigenvalue weighted by molar-refractivity contribution is 0.311. The molecule has 1 saturated heterocycles. The second kappa shape index (κ2) is 6.73. The summed E-state index contributed by atoms with van der Waals surface area (Å²) < 4.78 is 0. The molecule has 6 nitrogen and oxygen atoms in total. The van der Waals surface area contributed by atoms with E-state index in [2.05, 4.69) is 48.8 Å². The number of hydrogen-bond acceptors (Lipinski definition) is 6. The highest BCUT2D eigenvalue weighted by Gasteiger charge is 2.23. The minimum Gasteiger partial charge on any atom is -0.356 e. The third-order valence-corrected chi connectivity index (χ3v) is 5.04. The molecular weight excluding hydrogens is 300 g/mol. The molecule has 0 atom stereocenters. The zero-order valence-electron chi connectivity index (χ0n) is 14.2. The number of anilines is 2. The summed E-state index contributed by atoms with van der Waals surface area (Å²) in [6.07, 6.45) is 5.54. The van der Waals surface area contributed by atoms with E-state index in [1.165, 1.54) is 11.3 Å². The molecule has 0 aliphatic carbocycles. The van der Waals surface area contributed by atoms with Gasteiger partial charge in [0.05, 0.1) is 5.69 Å². The van der Waals surface area contributed by atoms with Crippen LogP contribution in [0.15, 0.2) is 30.7 Å². The van der Waals surface area contributed by atoms with Crippen LogP contribution in [-0.2, 0) is 12.8 Å². The summed E-state index contributed by atoms with van der Waals surface area (Å²) >= 11 is 0. The van der Waals surface area contributed by atoms with Gasteiger partial charge in [-0.05, 0) is 25.6 Å². The maximum absolute atomic E-state index is 4.64. The van der Waals surface area contributed by atoms with Crippen molar-refractivity contribution in [2.24, 2.45) is 0 Å². The maximum atomic E-state index is 4.64. The van der Waals surface area contributed by atoms with Gasteiger partial charge in [0.2, 0.25) is 0 Å². The summed E-state index contributed by atoms with van der Waals surface area (Å²) in [6.45, 7) is 6.22. The summed E-state index contributed by atoms with van der Waals surface area (Å²) in [7, 11) is 2.18. The van der Waals surface area contributed by atoms with Gasteiger partial charge in [0.15, 0.2) is 0 Å². The summed E-state index contributed by atoms with van der Waals surface area (Å²) in [6, 6.07) is 6.10. The van der Waals surface area contributed by atoms with E-state index in [1.54, 1.807) is 6.33 Å². The molecule has 0 radical (unpaired) electrons. The Balaban J connectivity index is 1.56. The summed E-state index contributed by atoms with van der Waals surface area (Å²) in [5, 5.41) is 0. The van der Waals surface area contributed by atoms with Crippen LogP contribution in [0.4, 0.5) is 11.6 Å². The molecule has 0 bridgehead atoms. The molecular formula is C18H24N6. The van der Waals surface area contributed by atoms with Gasteiger partial charge >= 0.3 is 0 Å². The molecule has 2 aromatic rings. The Bertz CT molecular complexity index is 681. The Morgan fingerprint density at radius 2 is 1.67 bits per heavy atom. The summed E-state index contributed by atoms with van der Waals surface area (Å²) in [5.41, 5.74) is 2.54. The highest BCUT2D eigenvalue weighted by Crippen LogP contribution is 2.25. The fourth-order valence-electron chi connectivity index (χ4n) is 3.57. The molecule has 0 saturated carbocycles. The van der Waals surface area contributed by atoms with Gasteiger partial charge in [-0.15, -0.1) is 0 Å². The Hall–Kier alpha value is -2.21. The SMILES string of the molecule is CN1CCN(c2ncnc3c2CCN(c2ccccn2)CC3)CC1. The Labute approximate surface area is 143 Å². The molecule has 126 valence electrons. The van der Waals surface area contributed by atoms with E-state index < -0.39 is 0 Å². The lowest BCUT2D eigenvalue weighted by Gasteiger charge is -2.34. The fraction of sp³-hybridized carbons (Fsp3) is 0.500. The van der Waals surface area contributed by atoms with Crippen molar-refractivity contribution in [2.45, 2.75) is 12.8 Å². The molecule has 4 heterocycles. The molecule has 0 unspecified atom stereocenters. The van der Waals surface area contributed by atoms with E-state index in [4.69, 9.17) is 0 Å². The van der Waals surface area contributed by atoms with Crippen LogP contribution < -0.4 is 9.80 Å². The Morgan fingerprint density at radius 1 is 0.833 bits per heavy atom. The van der Waals surface area contributed by atoms with E-state index in [0.29, 0.717) is 0 Å². The highest BCUT2D eigenvalue weighted by molar-refractivity contribution is 5.51. The first kappa shape index (κ1) is 15.3. The minimum absolute atomic E-state index is 0.954. The standard InChI is InChI=1S/C18H24N6/c1-22-10-12-24(13-11-22)18-15-5-8-23(17-4-2-3-7-19-17)9-6-16(15)20-14-21-18/h2-4,7,14H,5-6,8-13H2,1H3. The normalized spacial score (nSPS) is 19.0. The molecule has 0 amide bonds. The predicted octanol–water partition coefficient (Wildman–Crippen LogP) is 1.23. The van der Waals surface area contributed by atoms with E-state index in [1.807, 2.05) is 12.3 Å². The van der Waals surface area contributed by atoms with Crippen LogP contribution in [0.5, 0.6) is 0 Å². The highest BCUT2D eigenvalue weighted by atomic mass is 15.3. The van der Waals surface area contributed by atoms with Crippen molar-refractivity contribution in [2.75, 3.05) is 56.1 Å².